The predicted octanol–water partition coefficient (Wildman–Crippen LogP) is 3.72. The minimum absolute atomic E-state index is 0.00628. The molecule has 114 valence electrons. The molecule has 0 spiro atoms. The zero-order chi connectivity index (χ0) is 16.2. The molecule has 0 aliphatic carbocycles. The molecule has 0 radical (unpaired) electrons. The fourth-order valence-corrected chi connectivity index (χ4v) is 2.31. The molecule has 1 aliphatic heterocycles. The summed E-state index contributed by atoms with van der Waals surface area (Å²) in [5.74, 6) is 0.789. The molecule has 1 amide bonds. The van der Waals surface area contributed by atoms with Crippen LogP contribution in [0.4, 0.5) is 5.69 Å². The fourth-order valence-electron chi connectivity index (χ4n) is 2.05. The quantitative estimate of drug-likeness (QED) is 0.659. The fraction of sp³-hybridized carbons (Fsp3) is 0.0588. The summed E-state index contributed by atoms with van der Waals surface area (Å²) >= 11 is 3.32. The van der Waals surface area contributed by atoms with Crippen molar-refractivity contribution in [2.24, 2.45) is 0 Å². The lowest BCUT2D eigenvalue weighted by Crippen LogP contribution is -2.13. The average Bonchev–Trinajstić information content (AvgIpc) is 3.02. The van der Waals surface area contributed by atoms with Gasteiger partial charge in [0, 0.05) is 10.2 Å². The number of anilines is 1. The van der Waals surface area contributed by atoms with Crippen molar-refractivity contribution in [2.75, 3.05) is 12.1 Å². The number of halogens is 1. The van der Waals surface area contributed by atoms with Gasteiger partial charge >= 0.3 is 0 Å². The van der Waals surface area contributed by atoms with Gasteiger partial charge in [0.15, 0.2) is 11.5 Å². The van der Waals surface area contributed by atoms with Crippen molar-refractivity contribution in [1.82, 2.24) is 0 Å². The number of rotatable bonds is 3. The summed E-state index contributed by atoms with van der Waals surface area (Å²) in [5.41, 5.74) is 1.31. The molecule has 0 aromatic heterocycles. The number of hydrogen-bond donors (Lipinski definition) is 1. The normalized spacial score (nSPS) is 12.6. The molecule has 5 nitrogen and oxygen atoms in total. The van der Waals surface area contributed by atoms with E-state index < -0.39 is 5.91 Å². The van der Waals surface area contributed by atoms with Gasteiger partial charge < -0.3 is 14.8 Å². The lowest BCUT2D eigenvalue weighted by atomic mass is 10.1. The molecular weight excluding hydrogens is 360 g/mol. The summed E-state index contributed by atoms with van der Waals surface area (Å²) in [6, 6.07) is 14.3. The van der Waals surface area contributed by atoms with Crippen molar-refractivity contribution in [3.05, 3.63) is 58.1 Å². The highest BCUT2D eigenvalue weighted by Gasteiger charge is 2.14. The highest BCUT2D eigenvalue weighted by molar-refractivity contribution is 9.10. The number of benzene rings is 2. The van der Waals surface area contributed by atoms with Gasteiger partial charge in [-0.25, -0.2) is 0 Å². The van der Waals surface area contributed by atoms with Crippen LogP contribution >= 0.6 is 15.9 Å². The van der Waals surface area contributed by atoms with Crippen LogP contribution in [0.15, 0.2) is 52.5 Å². The van der Waals surface area contributed by atoms with Crippen LogP contribution in [-0.4, -0.2) is 12.7 Å². The minimum Gasteiger partial charge on any atom is -0.454 e. The SMILES string of the molecule is N#C/C(=C/c1ccc2c(c1)OCO2)C(=O)Nc1ccc(Br)cc1. The number of amides is 1. The number of carbonyl (C=O) groups excluding carboxylic acids is 1. The summed E-state index contributed by atoms with van der Waals surface area (Å²) in [4.78, 5) is 12.2. The van der Waals surface area contributed by atoms with Crippen molar-refractivity contribution < 1.29 is 14.3 Å². The number of nitrogens with one attached hydrogen (secondary N) is 1. The molecule has 3 rings (SSSR count). The van der Waals surface area contributed by atoms with Gasteiger partial charge in [-0.1, -0.05) is 22.0 Å². The van der Waals surface area contributed by atoms with Gasteiger partial charge in [0.2, 0.25) is 6.79 Å². The van der Waals surface area contributed by atoms with Crippen LogP contribution in [0.5, 0.6) is 11.5 Å². The lowest BCUT2D eigenvalue weighted by molar-refractivity contribution is -0.112. The molecule has 0 saturated carbocycles. The molecule has 1 heterocycles. The van der Waals surface area contributed by atoms with E-state index in [1.807, 2.05) is 18.2 Å². The molecular formula is C17H11BrN2O3. The Balaban J connectivity index is 1.80. The summed E-state index contributed by atoms with van der Waals surface area (Å²) in [7, 11) is 0. The van der Waals surface area contributed by atoms with E-state index >= 15 is 0 Å². The summed E-state index contributed by atoms with van der Waals surface area (Å²) in [5, 5.41) is 11.9. The number of fused-ring (bicyclic) bond motifs is 1. The van der Waals surface area contributed by atoms with Crippen LogP contribution < -0.4 is 14.8 Å². The molecule has 1 aliphatic rings. The number of ether oxygens (including phenoxy) is 2. The number of nitrogens with zero attached hydrogens (tertiary/aromatic N) is 1. The molecule has 23 heavy (non-hydrogen) atoms. The van der Waals surface area contributed by atoms with Crippen molar-refractivity contribution in [3.63, 3.8) is 0 Å². The molecule has 0 bridgehead atoms. The van der Waals surface area contributed by atoms with Crippen LogP contribution in [0.25, 0.3) is 6.08 Å². The molecule has 0 saturated heterocycles. The Kier molecular flexibility index (Phi) is 4.31. The standard InChI is InChI=1S/C17H11BrN2O3/c18-13-2-4-14(5-3-13)20-17(21)12(9-19)7-11-1-6-15-16(8-11)23-10-22-15/h1-8H,10H2,(H,20,21)/b12-7-. The molecule has 6 heteroatoms. The third-order valence-electron chi connectivity index (χ3n) is 3.17. The number of nitriles is 1. The van der Waals surface area contributed by atoms with Crippen molar-refractivity contribution >= 4 is 33.6 Å². The lowest BCUT2D eigenvalue weighted by Gasteiger charge is -2.04. The van der Waals surface area contributed by atoms with E-state index in [1.54, 1.807) is 30.3 Å². The first kappa shape index (κ1) is 15.1. The van der Waals surface area contributed by atoms with E-state index in [9.17, 15) is 10.1 Å². The van der Waals surface area contributed by atoms with E-state index in [-0.39, 0.29) is 12.4 Å². The second kappa shape index (κ2) is 6.55. The maximum atomic E-state index is 12.2. The molecule has 0 fully saturated rings. The second-order valence-electron chi connectivity index (χ2n) is 4.74. The zero-order valence-electron chi connectivity index (χ0n) is 11.9. The second-order valence-corrected chi connectivity index (χ2v) is 5.66. The van der Waals surface area contributed by atoms with Gasteiger partial charge in [0.1, 0.15) is 11.6 Å². The first-order chi connectivity index (χ1) is 11.2. The zero-order valence-corrected chi connectivity index (χ0v) is 13.5. The Morgan fingerprint density at radius 3 is 2.65 bits per heavy atom. The Labute approximate surface area is 141 Å². The monoisotopic (exact) mass is 370 g/mol. The smallest absolute Gasteiger partial charge is 0.266 e. The number of carbonyl (C=O) groups is 1. The van der Waals surface area contributed by atoms with Crippen molar-refractivity contribution in [1.29, 1.82) is 5.26 Å². The van der Waals surface area contributed by atoms with Gasteiger partial charge in [-0.15, -0.1) is 0 Å². The van der Waals surface area contributed by atoms with E-state index in [1.165, 1.54) is 6.08 Å². The van der Waals surface area contributed by atoms with Gasteiger partial charge in [0.05, 0.1) is 0 Å². The van der Waals surface area contributed by atoms with E-state index in [2.05, 4.69) is 21.2 Å². The van der Waals surface area contributed by atoms with Crippen LogP contribution in [0.2, 0.25) is 0 Å². The van der Waals surface area contributed by atoms with Crippen molar-refractivity contribution in [2.45, 2.75) is 0 Å². The first-order valence-electron chi connectivity index (χ1n) is 6.74. The maximum absolute atomic E-state index is 12.2. The third kappa shape index (κ3) is 3.52. The molecule has 2 aromatic rings. The van der Waals surface area contributed by atoms with Gasteiger partial charge in [0.25, 0.3) is 5.91 Å². The highest BCUT2D eigenvalue weighted by Crippen LogP contribution is 2.33. The molecule has 1 N–H and O–H groups in total. The summed E-state index contributed by atoms with van der Waals surface area (Å²) < 4.78 is 11.4. The minimum atomic E-state index is -0.465. The van der Waals surface area contributed by atoms with Crippen LogP contribution in [-0.2, 0) is 4.79 Å². The summed E-state index contributed by atoms with van der Waals surface area (Å²) in [6.07, 6.45) is 1.51. The maximum Gasteiger partial charge on any atom is 0.266 e. The van der Waals surface area contributed by atoms with Gasteiger partial charge in [-0.05, 0) is 48.0 Å². The first-order valence-corrected chi connectivity index (χ1v) is 7.53. The van der Waals surface area contributed by atoms with Gasteiger partial charge in [-0.2, -0.15) is 5.26 Å². The van der Waals surface area contributed by atoms with Crippen molar-refractivity contribution in [3.8, 4) is 17.6 Å². The van der Waals surface area contributed by atoms with E-state index in [0.717, 1.165) is 4.47 Å². The van der Waals surface area contributed by atoms with Crippen LogP contribution in [0.1, 0.15) is 5.56 Å². The van der Waals surface area contributed by atoms with E-state index in [4.69, 9.17) is 9.47 Å². The molecule has 2 aromatic carbocycles. The topological polar surface area (TPSA) is 71.3 Å². The third-order valence-corrected chi connectivity index (χ3v) is 3.70. The highest BCUT2D eigenvalue weighted by atomic mass is 79.9. The Bertz CT molecular complexity index is 823. The predicted molar refractivity (Wildman–Crippen MR) is 88.9 cm³/mol. The molecule has 0 atom stereocenters. The van der Waals surface area contributed by atoms with Gasteiger partial charge in [-0.3, -0.25) is 4.79 Å². The summed E-state index contributed by atoms with van der Waals surface area (Å²) in [6.45, 7) is 0.178. The Morgan fingerprint density at radius 2 is 1.91 bits per heavy atom. The largest absolute Gasteiger partial charge is 0.454 e. The average molecular weight is 371 g/mol. The molecule has 0 unspecified atom stereocenters. The Morgan fingerprint density at radius 1 is 1.17 bits per heavy atom. The van der Waals surface area contributed by atoms with E-state index in [0.29, 0.717) is 22.7 Å². The Hall–Kier alpha value is -2.78. The van der Waals surface area contributed by atoms with Crippen LogP contribution in [0, 0.1) is 11.3 Å². The van der Waals surface area contributed by atoms with Crippen LogP contribution in [0.3, 0.4) is 0 Å². The number of hydrogen-bond acceptors (Lipinski definition) is 4.